The Kier molecular flexibility index (Phi) is 2.62. The summed E-state index contributed by atoms with van der Waals surface area (Å²) in [6.07, 6.45) is 5.80. The number of allylic oxidation sites excluding steroid dienone is 4. The van der Waals surface area contributed by atoms with Crippen LogP contribution in [0.2, 0.25) is 5.15 Å². The fraction of sp³-hybridized carbons (Fsp3) is 0. The number of rotatable bonds is 2. The fourth-order valence-corrected chi connectivity index (χ4v) is 2.43. The summed E-state index contributed by atoms with van der Waals surface area (Å²) in [5.74, 6) is -0.0480. The average Bonchev–Trinajstić information content (AvgIpc) is 2.80. The summed E-state index contributed by atoms with van der Waals surface area (Å²) in [5.41, 5.74) is 2.64. The van der Waals surface area contributed by atoms with Crippen molar-refractivity contribution in [1.82, 2.24) is 19.8 Å². The minimum atomic E-state index is -0.376. The van der Waals surface area contributed by atoms with E-state index >= 15 is 0 Å². The fourth-order valence-electron chi connectivity index (χ4n) is 2.20. The highest BCUT2D eigenvalue weighted by atomic mass is 35.5. The molecule has 4 nitrogen and oxygen atoms in total. The Morgan fingerprint density at radius 1 is 1.10 bits per heavy atom. The van der Waals surface area contributed by atoms with E-state index in [1.807, 2.05) is 18.2 Å². The summed E-state index contributed by atoms with van der Waals surface area (Å²) in [4.78, 5) is 0. The minimum Gasteiger partial charge on any atom is -0.206 e. The van der Waals surface area contributed by atoms with Crippen LogP contribution in [-0.2, 0) is 0 Å². The van der Waals surface area contributed by atoms with Gasteiger partial charge >= 0.3 is 0 Å². The summed E-state index contributed by atoms with van der Waals surface area (Å²) in [6.45, 7) is 0. The Morgan fingerprint density at radius 2 is 1.90 bits per heavy atom. The zero-order chi connectivity index (χ0) is 14.4. The molecule has 3 aromatic rings. The van der Waals surface area contributed by atoms with Crippen LogP contribution in [0, 0.1) is 5.82 Å². The molecule has 0 fully saturated rings. The summed E-state index contributed by atoms with van der Waals surface area (Å²) in [7, 11) is 0. The van der Waals surface area contributed by atoms with Crippen LogP contribution >= 0.6 is 11.6 Å². The Morgan fingerprint density at radius 3 is 2.62 bits per heavy atom. The predicted octanol–water partition coefficient (Wildman–Crippen LogP) is 3.54. The van der Waals surface area contributed by atoms with Crippen molar-refractivity contribution in [2.24, 2.45) is 0 Å². The van der Waals surface area contributed by atoms with Gasteiger partial charge in [-0.05, 0) is 23.8 Å². The van der Waals surface area contributed by atoms with Gasteiger partial charge in [-0.15, -0.1) is 10.2 Å². The minimum absolute atomic E-state index is 0.328. The standard InChI is InChI=1S/C15H8ClFN4/c16-14-11(9-4-3-5-9)8-13-18-19-15(21(13)20-14)10-6-1-2-7-12(10)17/h1-8H. The number of halogens is 2. The van der Waals surface area contributed by atoms with Crippen LogP contribution in [0.15, 0.2) is 48.6 Å². The molecule has 2 aromatic heterocycles. The topological polar surface area (TPSA) is 43.1 Å². The summed E-state index contributed by atoms with van der Waals surface area (Å²) < 4.78 is 15.3. The highest BCUT2D eigenvalue weighted by Gasteiger charge is 2.17. The monoisotopic (exact) mass is 298 g/mol. The predicted molar refractivity (Wildman–Crippen MR) is 78.3 cm³/mol. The van der Waals surface area contributed by atoms with Crippen LogP contribution in [0.5, 0.6) is 0 Å². The maximum absolute atomic E-state index is 13.9. The first-order valence-corrected chi connectivity index (χ1v) is 6.67. The lowest BCUT2D eigenvalue weighted by atomic mass is 10.0. The molecule has 102 valence electrons. The highest BCUT2D eigenvalue weighted by molar-refractivity contribution is 6.31. The molecule has 21 heavy (non-hydrogen) atoms. The van der Waals surface area contributed by atoms with Crippen molar-refractivity contribution in [2.75, 3.05) is 0 Å². The van der Waals surface area contributed by atoms with Crippen LogP contribution < -0.4 is 0 Å². The van der Waals surface area contributed by atoms with E-state index in [1.165, 1.54) is 10.6 Å². The molecule has 0 spiro atoms. The quantitative estimate of drug-likeness (QED) is 0.727. The first-order valence-electron chi connectivity index (χ1n) is 6.29. The number of nitrogens with zero attached hydrogens (tertiary/aromatic N) is 4. The third kappa shape index (κ3) is 1.86. The lowest BCUT2D eigenvalue weighted by molar-refractivity contribution is 0.629. The van der Waals surface area contributed by atoms with Crippen molar-refractivity contribution in [3.05, 3.63) is 65.1 Å². The number of hydrogen-bond donors (Lipinski definition) is 0. The van der Waals surface area contributed by atoms with E-state index in [4.69, 9.17) is 11.6 Å². The molecule has 1 aliphatic rings. The summed E-state index contributed by atoms with van der Waals surface area (Å²) in [6, 6.07) is 8.15. The molecule has 0 saturated carbocycles. The number of hydrogen-bond acceptors (Lipinski definition) is 3. The zero-order valence-corrected chi connectivity index (χ0v) is 11.4. The van der Waals surface area contributed by atoms with E-state index in [0.717, 1.165) is 11.1 Å². The number of aromatic nitrogens is 4. The van der Waals surface area contributed by atoms with Crippen molar-refractivity contribution in [3.8, 4) is 11.4 Å². The second kappa shape index (κ2) is 4.49. The Bertz CT molecular complexity index is 927. The highest BCUT2D eigenvalue weighted by Crippen LogP contribution is 2.29. The molecule has 2 heterocycles. The number of fused-ring (bicyclic) bond motifs is 1. The van der Waals surface area contributed by atoms with Crippen LogP contribution in [0.3, 0.4) is 0 Å². The van der Waals surface area contributed by atoms with Gasteiger partial charge in [0.25, 0.3) is 0 Å². The van der Waals surface area contributed by atoms with Crippen molar-refractivity contribution in [2.45, 2.75) is 0 Å². The summed E-state index contributed by atoms with van der Waals surface area (Å²) in [5, 5.41) is 12.7. The van der Waals surface area contributed by atoms with E-state index in [2.05, 4.69) is 15.3 Å². The van der Waals surface area contributed by atoms with Crippen LogP contribution in [-0.4, -0.2) is 19.8 Å². The molecular formula is C15H8ClFN4. The Hall–Kier alpha value is -2.53. The van der Waals surface area contributed by atoms with E-state index in [0.29, 0.717) is 22.2 Å². The van der Waals surface area contributed by atoms with E-state index in [9.17, 15) is 4.39 Å². The van der Waals surface area contributed by atoms with Gasteiger partial charge in [-0.3, -0.25) is 0 Å². The molecule has 6 heteroatoms. The maximum Gasteiger partial charge on any atom is 0.188 e. The molecule has 0 radical (unpaired) electrons. The van der Waals surface area contributed by atoms with E-state index in [1.54, 1.807) is 24.3 Å². The molecule has 1 aliphatic carbocycles. The summed E-state index contributed by atoms with van der Waals surface area (Å²) >= 11 is 6.21. The second-order valence-corrected chi connectivity index (χ2v) is 4.96. The molecular weight excluding hydrogens is 291 g/mol. The smallest absolute Gasteiger partial charge is 0.188 e. The molecule has 1 aromatic carbocycles. The average molecular weight is 299 g/mol. The van der Waals surface area contributed by atoms with Crippen molar-refractivity contribution in [1.29, 1.82) is 0 Å². The molecule has 0 atom stereocenters. The molecule has 0 N–H and O–H groups in total. The first-order chi connectivity index (χ1) is 10.2. The lowest BCUT2D eigenvalue weighted by Crippen LogP contribution is -2.00. The largest absolute Gasteiger partial charge is 0.206 e. The van der Waals surface area contributed by atoms with E-state index in [-0.39, 0.29) is 5.82 Å². The van der Waals surface area contributed by atoms with Gasteiger partial charge in [0.05, 0.1) is 5.56 Å². The van der Waals surface area contributed by atoms with Crippen molar-refractivity contribution < 1.29 is 4.39 Å². The second-order valence-electron chi connectivity index (χ2n) is 4.60. The lowest BCUT2D eigenvalue weighted by Gasteiger charge is -2.09. The molecule has 0 aliphatic heterocycles. The van der Waals surface area contributed by atoms with E-state index < -0.39 is 0 Å². The molecule has 0 unspecified atom stereocenters. The van der Waals surface area contributed by atoms with Crippen LogP contribution in [0.1, 0.15) is 5.56 Å². The Labute approximate surface area is 124 Å². The SMILES string of the molecule is Fc1ccccc1-c1nnc2cc(C3=CC=C3)c(Cl)nn12. The van der Waals surface area contributed by atoms with Gasteiger partial charge in [-0.2, -0.15) is 9.61 Å². The number of benzene rings is 1. The molecule has 0 saturated heterocycles. The van der Waals surface area contributed by atoms with Crippen molar-refractivity contribution in [3.63, 3.8) is 0 Å². The van der Waals surface area contributed by atoms with Gasteiger partial charge in [-0.25, -0.2) is 4.39 Å². The van der Waals surface area contributed by atoms with Gasteiger partial charge < -0.3 is 0 Å². The maximum atomic E-state index is 13.9. The van der Waals surface area contributed by atoms with Gasteiger partial charge in [0.2, 0.25) is 0 Å². The van der Waals surface area contributed by atoms with Gasteiger partial charge in [-0.1, -0.05) is 42.0 Å². The zero-order valence-electron chi connectivity index (χ0n) is 10.7. The third-order valence-corrected chi connectivity index (χ3v) is 3.60. The third-order valence-electron chi connectivity index (χ3n) is 3.33. The Balaban J connectivity index is 1.93. The normalized spacial score (nSPS) is 13.3. The molecule has 0 bridgehead atoms. The van der Waals surface area contributed by atoms with Gasteiger partial charge in [0.1, 0.15) is 5.82 Å². The van der Waals surface area contributed by atoms with Gasteiger partial charge in [0, 0.05) is 5.56 Å². The first kappa shape index (κ1) is 12.2. The van der Waals surface area contributed by atoms with Gasteiger partial charge in [0.15, 0.2) is 16.6 Å². The van der Waals surface area contributed by atoms with Crippen molar-refractivity contribution >= 4 is 22.8 Å². The molecule has 0 amide bonds. The molecule has 4 rings (SSSR count). The van der Waals surface area contributed by atoms with Crippen LogP contribution in [0.25, 0.3) is 22.6 Å². The van der Waals surface area contributed by atoms with Crippen LogP contribution in [0.4, 0.5) is 4.39 Å².